The first kappa shape index (κ1) is 15.9. The van der Waals surface area contributed by atoms with E-state index < -0.39 is 21.7 Å². The number of hydrogen-bond donors (Lipinski definition) is 2. The average Bonchev–Trinajstić information content (AvgIpc) is 2.92. The second-order valence-electron chi connectivity index (χ2n) is 4.86. The number of amides is 1. The normalized spacial score (nSPS) is 18.7. The first-order valence-electron chi connectivity index (χ1n) is 6.51. The molecule has 0 spiro atoms. The van der Waals surface area contributed by atoms with Gasteiger partial charge in [-0.2, -0.15) is 0 Å². The van der Waals surface area contributed by atoms with Crippen molar-refractivity contribution in [1.29, 1.82) is 0 Å². The van der Waals surface area contributed by atoms with Crippen molar-refractivity contribution in [2.45, 2.75) is 24.3 Å². The van der Waals surface area contributed by atoms with E-state index in [1.807, 2.05) is 0 Å². The van der Waals surface area contributed by atoms with E-state index in [4.69, 9.17) is 4.74 Å². The molecule has 2 rings (SSSR count). The van der Waals surface area contributed by atoms with Gasteiger partial charge in [0.15, 0.2) is 0 Å². The standard InChI is InChI=1S/C13H17FN2O4S/c1-9-6-11(2-3-12(9)14)21(18,19)15-7-13(17)16-10-4-5-20-8-10/h2-3,6,10,15H,4-5,7-8H2,1H3,(H,16,17). The van der Waals surface area contributed by atoms with Crippen LogP contribution >= 0.6 is 0 Å². The molecular weight excluding hydrogens is 299 g/mol. The number of rotatable bonds is 5. The molecule has 2 N–H and O–H groups in total. The quantitative estimate of drug-likeness (QED) is 0.819. The van der Waals surface area contributed by atoms with Crippen molar-refractivity contribution < 1.29 is 22.3 Å². The molecule has 0 saturated carbocycles. The lowest BCUT2D eigenvalue weighted by Crippen LogP contribution is -2.42. The smallest absolute Gasteiger partial charge is 0.241 e. The highest BCUT2D eigenvalue weighted by Gasteiger charge is 2.20. The molecule has 0 radical (unpaired) electrons. The molecule has 0 aliphatic carbocycles. The Morgan fingerprint density at radius 2 is 2.24 bits per heavy atom. The molecule has 1 fully saturated rings. The van der Waals surface area contributed by atoms with Crippen LogP contribution in [0.15, 0.2) is 23.1 Å². The van der Waals surface area contributed by atoms with Gasteiger partial charge < -0.3 is 10.1 Å². The number of carbonyl (C=O) groups is 1. The fourth-order valence-electron chi connectivity index (χ4n) is 1.96. The third-order valence-corrected chi connectivity index (χ3v) is 4.56. The van der Waals surface area contributed by atoms with Gasteiger partial charge in [-0.25, -0.2) is 17.5 Å². The van der Waals surface area contributed by atoms with Crippen molar-refractivity contribution in [2.24, 2.45) is 0 Å². The minimum absolute atomic E-state index is 0.0709. The second-order valence-corrected chi connectivity index (χ2v) is 6.63. The lowest BCUT2D eigenvalue weighted by atomic mass is 10.2. The Balaban J connectivity index is 1.94. The highest BCUT2D eigenvalue weighted by molar-refractivity contribution is 7.89. The van der Waals surface area contributed by atoms with Crippen molar-refractivity contribution in [2.75, 3.05) is 19.8 Å². The number of hydrogen-bond acceptors (Lipinski definition) is 4. The lowest BCUT2D eigenvalue weighted by Gasteiger charge is -2.11. The summed E-state index contributed by atoms with van der Waals surface area (Å²) in [4.78, 5) is 11.6. The van der Waals surface area contributed by atoms with E-state index in [0.717, 1.165) is 18.6 Å². The maximum absolute atomic E-state index is 13.1. The van der Waals surface area contributed by atoms with Gasteiger partial charge in [-0.15, -0.1) is 0 Å². The number of ether oxygens (including phenoxy) is 1. The van der Waals surface area contributed by atoms with Crippen LogP contribution in [0.1, 0.15) is 12.0 Å². The zero-order valence-corrected chi connectivity index (χ0v) is 12.4. The Labute approximate surface area is 122 Å². The summed E-state index contributed by atoms with van der Waals surface area (Å²) in [5, 5.41) is 2.67. The predicted molar refractivity (Wildman–Crippen MR) is 73.7 cm³/mol. The van der Waals surface area contributed by atoms with Gasteiger partial charge in [0, 0.05) is 6.61 Å². The number of nitrogens with one attached hydrogen (secondary N) is 2. The maximum atomic E-state index is 13.1. The van der Waals surface area contributed by atoms with Crippen molar-refractivity contribution >= 4 is 15.9 Å². The molecule has 1 heterocycles. The minimum atomic E-state index is -3.84. The lowest BCUT2D eigenvalue weighted by molar-refractivity contribution is -0.120. The van der Waals surface area contributed by atoms with Crippen LogP contribution < -0.4 is 10.0 Å². The predicted octanol–water partition coefficient (Wildman–Crippen LogP) is 0.318. The summed E-state index contributed by atoms with van der Waals surface area (Å²) in [6.07, 6.45) is 0.718. The first-order chi connectivity index (χ1) is 9.88. The molecule has 116 valence electrons. The first-order valence-corrected chi connectivity index (χ1v) is 8.00. The fraction of sp³-hybridized carbons (Fsp3) is 0.462. The Morgan fingerprint density at radius 3 is 2.86 bits per heavy atom. The molecule has 1 unspecified atom stereocenters. The van der Waals surface area contributed by atoms with Gasteiger partial charge >= 0.3 is 0 Å². The highest BCUT2D eigenvalue weighted by Crippen LogP contribution is 2.13. The zero-order chi connectivity index (χ0) is 15.5. The molecule has 0 aromatic heterocycles. The third-order valence-electron chi connectivity index (χ3n) is 3.16. The Kier molecular flexibility index (Phi) is 4.92. The molecule has 1 aromatic rings. The topological polar surface area (TPSA) is 84.5 Å². The minimum Gasteiger partial charge on any atom is -0.379 e. The zero-order valence-electron chi connectivity index (χ0n) is 11.6. The number of aryl methyl sites for hydroxylation is 1. The molecule has 1 aliphatic rings. The Bertz CT molecular complexity index is 627. The molecule has 1 saturated heterocycles. The van der Waals surface area contributed by atoms with E-state index >= 15 is 0 Å². The highest BCUT2D eigenvalue weighted by atomic mass is 32.2. The van der Waals surface area contributed by atoms with E-state index in [9.17, 15) is 17.6 Å². The van der Waals surface area contributed by atoms with Crippen LogP contribution in [-0.4, -0.2) is 40.1 Å². The van der Waals surface area contributed by atoms with Crippen LogP contribution in [0.25, 0.3) is 0 Å². The largest absolute Gasteiger partial charge is 0.379 e. The molecule has 8 heteroatoms. The SMILES string of the molecule is Cc1cc(S(=O)(=O)NCC(=O)NC2CCOC2)ccc1F. The van der Waals surface area contributed by atoms with Crippen LogP contribution in [0, 0.1) is 12.7 Å². The van der Waals surface area contributed by atoms with Crippen LogP contribution in [0.2, 0.25) is 0 Å². The summed E-state index contributed by atoms with van der Waals surface area (Å²) in [5.41, 5.74) is 0.227. The number of sulfonamides is 1. The van der Waals surface area contributed by atoms with Gasteiger partial charge in [0.1, 0.15) is 5.82 Å². The van der Waals surface area contributed by atoms with Crippen molar-refractivity contribution in [3.8, 4) is 0 Å². The summed E-state index contributed by atoms with van der Waals surface area (Å²) in [5.74, 6) is -0.902. The fourth-order valence-corrected chi connectivity index (χ4v) is 3.02. The molecule has 1 atom stereocenters. The molecule has 1 amide bonds. The summed E-state index contributed by atoms with van der Waals surface area (Å²) < 4.78 is 44.4. The number of carbonyl (C=O) groups excluding carboxylic acids is 1. The summed E-state index contributed by atoms with van der Waals surface area (Å²) in [7, 11) is -3.84. The van der Waals surface area contributed by atoms with E-state index in [1.165, 1.54) is 13.0 Å². The van der Waals surface area contributed by atoms with E-state index in [1.54, 1.807) is 0 Å². The van der Waals surface area contributed by atoms with Crippen LogP contribution in [-0.2, 0) is 19.6 Å². The summed E-state index contributed by atoms with van der Waals surface area (Å²) >= 11 is 0. The summed E-state index contributed by atoms with van der Waals surface area (Å²) in [6, 6.07) is 3.39. The van der Waals surface area contributed by atoms with Crippen LogP contribution in [0.4, 0.5) is 4.39 Å². The van der Waals surface area contributed by atoms with Gasteiger partial charge in [0.05, 0.1) is 24.1 Å². The molecule has 0 bridgehead atoms. The van der Waals surface area contributed by atoms with Crippen molar-refractivity contribution in [3.63, 3.8) is 0 Å². The Morgan fingerprint density at radius 1 is 1.48 bits per heavy atom. The maximum Gasteiger partial charge on any atom is 0.241 e. The molecular formula is C13H17FN2O4S. The molecule has 21 heavy (non-hydrogen) atoms. The average molecular weight is 316 g/mol. The van der Waals surface area contributed by atoms with E-state index in [0.29, 0.717) is 13.2 Å². The van der Waals surface area contributed by atoms with Gasteiger partial charge in [-0.3, -0.25) is 4.79 Å². The third kappa shape index (κ3) is 4.23. The Hall–Kier alpha value is -1.51. The van der Waals surface area contributed by atoms with Crippen molar-refractivity contribution in [3.05, 3.63) is 29.6 Å². The van der Waals surface area contributed by atoms with Gasteiger partial charge in [0.25, 0.3) is 0 Å². The van der Waals surface area contributed by atoms with Crippen LogP contribution in [0.3, 0.4) is 0 Å². The van der Waals surface area contributed by atoms with Gasteiger partial charge in [0.2, 0.25) is 15.9 Å². The number of benzene rings is 1. The van der Waals surface area contributed by atoms with Gasteiger partial charge in [-0.1, -0.05) is 0 Å². The monoisotopic (exact) mass is 316 g/mol. The number of halogens is 1. The second kappa shape index (κ2) is 6.50. The molecule has 1 aliphatic heterocycles. The van der Waals surface area contributed by atoms with Crippen LogP contribution in [0.5, 0.6) is 0 Å². The van der Waals surface area contributed by atoms with E-state index in [-0.39, 0.29) is 23.0 Å². The van der Waals surface area contributed by atoms with Crippen molar-refractivity contribution in [1.82, 2.24) is 10.0 Å². The molecule has 1 aromatic carbocycles. The summed E-state index contributed by atoms with van der Waals surface area (Å²) in [6.45, 7) is 2.14. The van der Waals surface area contributed by atoms with Gasteiger partial charge in [-0.05, 0) is 37.1 Å². The molecule has 6 nitrogen and oxygen atoms in total. The van der Waals surface area contributed by atoms with E-state index in [2.05, 4.69) is 10.0 Å².